The molecular weight excluding hydrogens is 582 g/mol. The summed E-state index contributed by atoms with van der Waals surface area (Å²) in [5, 5.41) is 3.48. The summed E-state index contributed by atoms with van der Waals surface area (Å²) >= 11 is 0. The number of aryl methyl sites for hydroxylation is 2. The number of fused-ring (bicyclic) bond motifs is 2. The van der Waals surface area contributed by atoms with Crippen molar-refractivity contribution in [3.05, 3.63) is 87.3 Å². The van der Waals surface area contributed by atoms with Gasteiger partial charge in [-0.05, 0) is 66.6 Å². The molecule has 2 aromatic heterocycles. The van der Waals surface area contributed by atoms with Crippen LogP contribution in [0.3, 0.4) is 0 Å². The van der Waals surface area contributed by atoms with Crippen LogP contribution in [0.4, 0.5) is 11.6 Å². The van der Waals surface area contributed by atoms with Crippen molar-refractivity contribution in [2.24, 2.45) is 0 Å². The van der Waals surface area contributed by atoms with E-state index in [-0.39, 0.29) is 10.9 Å². The van der Waals surface area contributed by atoms with E-state index in [2.05, 4.69) is 38.9 Å². The van der Waals surface area contributed by atoms with E-state index in [1.165, 1.54) is 41.2 Å². The minimum absolute atomic E-state index is 0.0745. The van der Waals surface area contributed by atoms with Crippen LogP contribution in [0, 0.1) is 0 Å². The van der Waals surface area contributed by atoms with Crippen molar-refractivity contribution in [2.45, 2.75) is 25.7 Å². The van der Waals surface area contributed by atoms with Crippen LogP contribution in [-0.2, 0) is 34.1 Å². The van der Waals surface area contributed by atoms with Gasteiger partial charge in [0.25, 0.3) is 5.91 Å². The van der Waals surface area contributed by atoms with Crippen LogP contribution in [0.2, 0.25) is 0 Å². The molecule has 230 valence electrons. The lowest BCUT2D eigenvalue weighted by molar-refractivity contribution is 0.0536. The number of anilines is 2. The molecule has 0 radical (unpaired) electrons. The van der Waals surface area contributed by atoms with Crippen LogP contribution in [0.25, 0.3) is 16.7 Å². The maximum absolute atomic E-state index is 13.3. The molecule has 1 aliphatic heterocycles. The Labute approximate surface area is 255 Å². The Morgan fingerprint density at radius 2 is 1.84 bits per heavy atom. The monoisotopic (exact) mass is 617 g/mol. The van der Waals surface area contributed by atoms with Crippen LogP contribution in [0.15, 0.2) is 59.7 Å². The standard InChI is InChI=1S/C31H35N7O5S/c1-43-35-30(40)27-20-38(25-10-9-22-6-4-7-23(22)18-25)29-26(28(27)39)19-32-31(34-29)33-24-8-3-5-21(17-24)11-12-36-13-15-37(16-14-36)44(2,41)42/h3,5,8-10,17-20H,4,6-7,11-16H2,1-2H3,(H,35,40)(H,32,33,34). The zero-order chi connectivity index (χ0) is 30.8. The predicted octanol–water partition coefficient (Wildman–Crippen LogP) is 2.42. The normalized spacial score (nSPS) is 15.8. The van der Waals surface area contributed by atoms with E-state index in [0.717, 1.165) is 49.2 Å². The largest absolute Gasteiger partial charge is 0.324 e. The SMILES string of the molecule is CONC(=O)c1cn(-c2ccc3c(c2)CCC3)c2nc(Nc3cccc(CCN4CCN(S(C)(=O)=O)CC4)c3)ncc2c1=O. The van der Waals surface area contributed by atoms with Crippen LogP contribution in [-0.4, -0.2) is 84.2 Å². The van der Waals surface area contributed by atoms with Gasteiger partial charge in [-0.3, -0.25) is 14.4 Å². The number of piperazine rings is 1. The van der Waals surface area contributed by atoms with Gasteiger partial charge in [-0.25, -0.2) is 18.9 Å². The van der Waals surface area contributed by atoms with Crippen LogP contribution in [0.5, 0.6) is 0 Å². The first-order chi connectivity index (χ1) is 21.2. The summed E-state index contributed by atoms with van der Waals surface area (Å²) in [6.45, 7) is 3.25. The fourth-order valence-corrected chi connectivity index (χ4v) is 6.72. The zero-order valence-corrected chi connectivity index (χ0v) is 25.6. The topological polar surface area (TPSA) is 139 Å². The summed E-state index contributed by atoms with van der Waals surface area (Å²) < 4.78 is 26.9. The number of pyridine rings is 1. The van der Waals surface area contributed by atoms with Gasteiger partial charge in [0.2, 0.25) is 21.4 Å². The Hall–Kier alpha value is -4.17. The van der Waals surface area contributed by atoms with Crippen LogP contribution >= 0.6 is 0 Å². The number of aromatic nitrogens is 3. The van der Waals surface area contributed by atoms with Gasteiger partial charge < -0.3 is 14.8 Å². The van der Waals surface area contributed by atoms with Crippen molar-refractivity contribution in [3.8, 4) is 5.69 Å². The second-order valence-electron chi connectivity index (χ2n) is 11.2. The Kier molecular flexibility index (Phi) is 8.45. The molecule has 2 aliphatic rings. The minimum atomic E-state index is -3.15. The number of benzene rings is 2. The van der Waals surface area contributed by atoms with Gasteiger partial charge in [0.05, 0.1) is 18.8 Å². The number of carbonyl (C=O) groups is 1. The van der Waals surface area contributed by atoms with Crippen LogP contribution < -0.4 is 16.2 Å². The third-order valence-electron chi connectivity index (χ3n) is 8.24. The smallest absolute Gasteiger partial charge is 0.280 e. The van der Waals surface area contributed by atoms with Gasteiger partial charge >= 0.3 is 0 Å². The molecule has 1 aliphatic carbocycles. The fraction of sp³-hybridized carbons (Fsp3) is 0.355. The van der Waals surface area contributed by atoms with Crippen molar-refractivity contribution in [1.29, 1.82) is 0 Å². The van der Waals surface area contributed by atoms with E-state index in [0.29, 0.717) is 37.8 Å². The molecule has 12 nitrogen and oxygen atoms in total. The Morgan fingerprint density at radius 3 is 2.61 bits per heavy atom. The van der Waals surface area contributed by atoms with E-state index < -0.39 is 21.4 Å². The first-order valence-electron chi connectivity index (χ1n) is 14.6. The van der Waals surface area contributed by atoms with Gasteiger partial charge in [-0.15, -0.1) is 0 Å². The zero-order valence-electron chi connectivity index (χ0n) is 24.7. The third kappa shape index (κ3) is 6.36. The number of amides is 1. The highest BCUT2D eigenvalue weighted by Gasteiger charge is 2.23. The Balaban J connectivity index is 1.26. The molecule has 1 amide bonds. The second-order valence-corrected chi connectivity index (χ2v) is 13.2. The molecule has 0 bridgehead atoms. The lowest BCUT2D eigenvalue weighted by atomic mass is 10.1. The molecule has 4 aromatic rings. The van der Waals surface area contributed by atoms with E-state index >= 15 is 0 Å². The highest BCUT2D eigenvalue weighted by Crippen LogP contribution is 2.26. The molecule has 13 heteroatoms. The Bertz CT molecular complexity index is 1880. The van der Waals surface area contributed by atoms with E-state index in [4.69, 9.17) is 9.82 Å². The molecule has 2 aromatic carbocycles. The van der Waals surface area contributed by atoms with Gasteiger partial charge in [-0.2, -0.15) is 9.29 Å². The minimum Gasteiger partial charge on any atom is -0.324 e. The molecular formula is C31H35N7O5S. The number of nitrogens with one attached hydrogen (secondary N) is 2. The quantitative estimate of drug-likeness (QED) is 0.271. The van der Waals surface area contributed by atoms with E-state index in [1.807, 2.05) is 24.3 Å². The van der Waals surface area contributed by atoms with Gasteiger partial charge in [0, 0.05) is 56.5 Å². The second kappa shape index (κ2) is 12.4. The van der Waals surface area contributed by atoms with Crippen molar-refractivity contribution in [2.75, 3.05) is 51.4 Å². The average Bonchev–Trinajstić information content (AvgIpc) is 3.48. The molecule has 3 heterocycles. The number of hydrogen-bond acceptors (Lipinski definition) is 9. The summed E-state index contributed by atoms with van der Waals surface area (Å²) in [5.41, 5.74) is 7.33. The number of rotatable bonds is 9. The van der Waals surface area contributed by atoms with Gasteiger partial charge in [-0.1, -0.05) is 18.2 Å². The first-order valence-corrected chi connectivity index (χ1v) is 16.5. The average molecular weight is 618 g/mol. The summed E-state index contributed by atoms with van der Waals surface area (Å²) in [6, 6.07) is 14.1. The number of hydrogen-bond donors (Lipinski definition) is 2. The van der Waals surface area contributed by atoms with Crippen molar-refractivity contribution in [1.82, 2.24) is 29.2 Å². The molecule has 1 fully saturated rings. The van der Waals surface area contributed by atoms with E-state index in [1.54, 1.807) is 4.57 Å². The molecule has 0 saturated carbocycles. The lowest BCUT2D eigenvalue weighted by Crippen LogP contribution is -2.48. The van der Waals surface area contributed by atoms with E-state index in [9.17, 15) is 18.0 Å². The predicted molar refractivity (Wildman–Crippen MR) is 168 cm³/mol. The lowest BCUT2D eigenvalue weighted by Gasteiger charge is -2.33. The van der Waals surface area contributed by atoms with Crippen molar-refractivity contribution < 1.29 is 18.0 Å². The highest BCUT2D eigenvalue weighted by molar-refractivity contribution is 7.88. The fourth-order valence-electron chi connectivity index (χ4n) is 5.89. The van der Waals surface area contributed by atoms with Gasteiger partial charge in [0.15, 0.2) is 5.65 Å². The molecule has 0 atom stereocenters. The van der Waals surface area contributed by atoms with Crippen molar-refractivity contribution >= 4 is 38.6 Å². The summed E-state index contributed by atoms with van der Waals surface area (Å²) in [5.74, 6) is -0.333. The molecule has 0 spiro atoms. The van der Waals surface area contributed by atoms with Crippen molar-refractivity contribution in [3.63, 3.8) is 0 Å². The molecule has 0 unspecified atom stereocenters. The van der Waals surface area contributed by atoms with Gasteiger partial charge in [0.1, 0.15) is 5.56 Å². The molecule has 1 saturated heterocycles. The third-order valence-corrected chi connectivity index (χ3v) is 9.55. The maximum Gasteiger partial charge on any atom is 0.280 e. The number of hydroxylamine groups is 1. The highest BCUT2D eigenvalue weighted by atomic mass is 32.2. The Morgan fingerprint density at radius 1 is 1.05 bits per heavy atom. The number of sulfonamides is 1. The molecule has 6 rings (SSSR count). The number of carbonyl (C=O) groups excluding carboxylic acids is 1. The summed E-state index contributed by atoms with van der Waals surface area (Å²) in [4.78, 5) is 42.2. The van der Waals surface area contributed by atoms with Crippen LogP contribution in [0.1, 0.15) is 33.5 Å². The molecule has 2 N–H and O–H groups in total. The number of nitrogens with zero attached hydrogens (tertiary/aromatic N) is 5. The molecule has 44 heavy (non-hydrogen) atoms. The maximum atomic E-state index is 13.3. The summed E-state index contributed by atoms with van der Waals surface area (Å²) in [6.07, 6.45) is 8.12. The summed E-state index contributed by atoms with van der Waals surface area (Å²) in [7, 11) is -1.84. The first kappa shape index (κ1) is 29.9.